The van der Waals surface area contributed by atoms with Gasteiger partial charge in [0.15, 0.2) is 5.65 Å². The van der Waals surface area contributed by atoms with Crippen LogP contribution >= 0.6 is 11.3 Å². The number of thiophene rings is 1. The molecule has 0 saturated carbocycles. The number of aromatic amines is 1. The van der Waals surface area contributed by atoms with Crippen molar-refractivity contribution in [2.24, 2.45) is 7.05 Å². The Bertz CT molecular complexity index is 694. The highest BCUT2D eigenvalue weighted by Crippen LogP contribution is 2.20. The molecule has 0 fully saturated rings. The summed E-state index contributed by atoms with van der Waals surface area (Å²) in [6.07, 6.45) is 1.88. The van der Waals surface area contributed by atoms with E-state index < -0.39 is 0 Å². The predicted octanol–water partition coefficient (Wildman–Crippen LogP) is 1.99. The van der Waals surface area contributed by atoms with Gasteiger partial charge in [0.05, 0.1) is 10.4 Å². The third-order valence-corrected chi connectivity index (χ3v) is 3.35. The van der Waals surface area contributed by atoms with Crippen molar-refractivity contribution >= 4 is 22.5 Å². The van der Waals surface area contributed by atoms with Crippen LogP contribution < -0.4 is 5.56 Å². The first-order chi connectivity index (χ1) is 7.75. The molecular weight excluding hydrogens is 222 g/mol. The van der Waals surface area contributed by atoms with Crippen molar-refractivity contribution < 1.29 is 0 Å². The Kier molecular flexibility index (Phi) is 1.94. The number of aryl methyl sites for hydroxylation is 1. The van der Waals surface area contributed by atoms with Crippen molar-refractivity contribution in [2.75, 3.05) is 0 Å². The molecule has 4 nitrogen and oxygen atoms in total. The van der Waals surface area contributed by atoms with Crippen LogP contribution in [0.25, 0.3) is 21.7 Å². The molecule has 1 N–H and O–H groups in total. The second kappa shape index (κ2) is 3.31. The van der Waals surface area contributed by atoms with Crippen LogP contribution in [0.3, 0.4) is 0 Å². The van der Waals surface area contributed by atoms with Gasteiger partial charge >= 0.3 is 0 Å². The first kappa shape index (κ1) is 9.35. The summed E-state index contributed by atoms with van der Waals surface area (Å²) in [6.45, 7) is 0. The summed E-state index contributed by atoms with van der Waals surface area (Å²) in [4.78, 5) is 20.0. The summed E-state index contributed by atoms with van der Waals surface area (Å²) in [5, 5.41) is 1.94. The van der Waals surface area contributed by atoms with E-state index in [0.717, 1.165) is 16.0 Å². The van der Waals surface area contributed by atoms with Crippen molar-refractivity contribution in [3.8, 4) is 10.6 Å². The quantitative estimate of drug-likeness (QED) is 0.696. The van der Waals surface area contributed by atoms with Crippen LogP contribution in [0.1, 0.15) is 0 Å². The lowest BCUT2D eigenvalue weighted by Gasteiger charge is -1.98. The van der Waals surface area contributed by atoms with Crippen LogP contribution in [0.5, 0.6) is 0 Å². The molecule has 3 aromatic heterocycles. The van der Waals surface area contributed by atoms with E-state index in [-0.39, 0.29) is 5.56 Å². The molecule has 3 aromatic rings. The van der Waals surface area contributed by atoms with Crippen molar-refractivity contribution in [2.45, 2.75) is 0 Å². The lowest BCUT2D eigenvalue weighted by molar-refractivity contribution is 0.945. The van der Waals surface area contributed by atoms with Gasteiger partial charge in [-0.1, -0.05) is 6.07 Å². The molecular formula is C11H9N3OS. The fourth-order valence-corrected chi connectivity index (χ4v) is 2.39. The van der Waals surface area contributed by atoms with E-state index in [4.69, 9.17) is 0 Å². The molecule has 0 spiro atoms. The van der Waals surface area contributed by atoms with Gasteiger partial charge in [-0.05, 0) is 17.5 Å². The average Bonchev–Trinajstić information content (AvgIpc) is 2.88. The summed E-state index contributed by atoms with van der Waals surface area (Å²) < 4.78 is 1.89. The minimum Gasteiger partial charge on any atom is -0.334 e. The Hall–Kier alpha value is -1.88. The Morgan fingerprint density at radius 2 is 2.31 bits per heavy atom. The zero-order chi connectivity index (χ0) is 11.1. The van der Waals surface area contributed by atoms with Gasteiger partial charge in [0, 0.05) is 13.2 Å². The molecule has 0 bridgehead atoms. The topological polar surface area (TPSA) is 50.7 Å². The van der Waals surface area contributed by atoms with Crippen LogP contribution in [0.15, 0.2) is 34.6 Å². The van der Waals surface area contributed by atoms with E-state index in [1.165, 1.54) is 11.3 Å². The fraction of sp³-hybridized carbons (Fsp3) is 0.0909. The second-order valence-electron chi connectivity index (χ2n) is 3.56. The number of fused-ring (bicyclic) bond motifs is 1. The van der Waals surface area contributed by atoms with Crippen LogP contribution in [0.4, 0.5) is 0 Å². The van der Waals surface area contributed by atoms with E-state index in [2.05, 4.69) is 9.97 Å². The molecule has 0 aliphatic rings. The minimum absolute atomic E-state index is 0.138. The zero-order valence-electron chi connectivity index (χ0n) is 8.60. The number of nitrogens with one attached hydrogen (secondary N) is 1. The van der Waals surface area contributed by atoms with Crippen molar-refractivity contribution in [1.82, 2.24) is 14.5 Å². The number of hydrogen-bond acceptors (Lipinski definition) is 3. The summed E-state index contributed by atoms with van der Waals surface area (Å²) >= 11 is 1.52. The van der Waals surface area contributed by atoms with Gasteiger partial charge in [0.1, 0.15) is 5.69 Å². The normalized spacial score (nSPS) is 11.1. The van der Waals surface area contributed by atoms with Gasteiger partial charge in [-0.15, -0.1) is 11.3 Å². The number of nitrogens with zero attached hydrogens (tertiary/aromatic N) is 2. The van der Waals surface area contributed by atoms with Gasteiger partial charge in [-0.2, -0.15) is 0 Å². The van der Waals surface area contributed by atoms with Crippen LogP contribution in [0.2, 0.25) is 0 Å². The van der Waals surface area contributed by atoms with Crippen molar-refractivity contribution in [1.29, 1.82) is 0 Å². The maximum atomic E-state index is 11.8. The molecule has 0 aliphatic heterocycles. The van der Waals surface area contributed by atoms with Crippen LogP contribution in [-0.2, 0) is 7.05 Å². The lowest BCUT2D eigenvalue weighted by atomic mass is 10.3. The number of H-pyrrole nitrogens is 1. The Labute approximate surface area is 95.2 Å². The second-order valence-corrected chi connectivity index (χ2v) is 4.50. The molecule has 5 heteroatoms. The summed E-state index contributed by atoms with van der Waals surface area (Å²) in [5.41, 5.74) is 1.92. The highest BCUT2D eigenvalue weighted by atomic mass is 32.1. The van der Waals surface area contributed by atoms with Gasteiger partial charge in [0.2, 0.25) is 0 Å². The molecule has 0 aromatic carbocycles. The van der Waals surface area contributed by atoms with E-state index in [0.29, 0.717) is 5.69 Å². The monoisotopic (exact) mass is 231 g/mol. The molecule has 0 amide bonds. The third kappa shape index (κ3) is 1.29. The summed E-state index contributed by atoms with van der Waals surface area (Å²) in [6, 6.07) is 5.66. The largest absolute Gasteiger partial charge is 0.334 e. The molecule has 0 saturated heterocycles. The minimum atomic E-state index is -0.138. The van der Waals surface area contributed by atoms with Crippen LogP contribution in [0, 0.1) is 0 Å². The smallest absolute Gasteiger partial charge is 0.275 e. The first-order valence-corrected chi connectivity index (χ1v) is 5.73. The maximum absolute atomic E-state index is 11.8. The van der Waals surface area contributed by atoms with E-state index >= 15 is 0 Å². The Balaban J connectivity index is 2.37. The molecule has 0 atom stereocenters. The maximum Gasteiger partial charge on any atom is 0.275 e. The standard InChI is InChI=1S/C11H9N3OS/c1-14-5-4-7-10(14)13-9(11(15)12-7)8-3-2-6-16-8/h2-6H,1H3,(H,12,15). The molecule has 0 unspecified atom stereocenters. The highest BCUT2D eigenvalue weighted by molar-refractivity contribution is 7.13. The molecule has 3 heterocycles. The first-order valence-electron chi connectivity index (χ1n) is 4.85. The SMILES string of the molecule is Cn1ccc2[nH]c(=O)c(-c3cccs3)nc21. The van der Waals surface area contributed by atoms with E-state index in [1.54, 1.807) is 0 Å². The molecule has 0 radical (unpaired) electrons. The number of hydrogen-bond donors (Lipinski definition) is 1. The molecule has 16 heavy (non-hydrogen) atoms. The molecule has 80 valence electrons. The van der Waals surface area contributed by atoms with Gasteiger partial charge in [-0.3, -0.25) is 4.79 Å². The highest BCUT2D eigenvalue weighted by Gasteiger charge is 2.09. The summed E-state index contributed by atoms with van der Waals surface area (Å²) in [7, 11) is 1.91. The van der Waals surface area contributed by atoms with Gasteiger partial charge in [-0.25, -0.2) is 4.98 Å². The predicted molar refractivity (Wildman–Crippen MR) is 64.6 cm³/mol. The van der Waals surface area contributed by atoms with E-state index in [9.17, 15) is 4.79 Å². The lowest BCUT2D eigenvalue weighted by Crippen LogP contribution is -2.11. The van der Waals surface area contributed by atoms with Gasteiger partial charge in [0.25, 0.3) is 5.56 Å². The van der Waals surface area contributed by atoms with Gasteiger partial charge < -0.3 is 9.55 Å². The Morgan fingerprint density at radius 1 is 1.44 bits per heavy atom. The van der Waals surface area contributed by atoms with Crippen LogP contribution in [-0.4, -0.2) is 14.5 Å². The van der Waals surface area contributed by atoms with E-state index in [1.807, 2.05) is 41.4 Å². The van der Waals surface area contributed by atoms with Crippen molar-refractivity contribution in [3.05, 3.63) is 40.1 Å². The van der Waals surface area contributed by atoms with Crippen molar-refractivity contribution in [3.63, 3.8) is 0 Å². The Morgan fingerprint density at radius 3 is 3.06 bits per heavy atom. The molecule has 3 rings (SSSR count). The average molecular weight is 231 g/mol. The number of rotatable bonds is 1. The molecule has 0 aliphatic carbocycles. The number of aromatic nitrogens is 3. The summed E-state index contributed by atoms with van der Waals surface area (Å²) in [5.74, 6) is 0. The zero-order valence-corrected chi connectivity index (χ0v) is 9.41. The fourth-order valence-electron chi connectivity index (χ4n) is 1.68. The third-order valence-electron chi connectivity index (χ3n) is 2.48.